The van der Waals surface area contributed by atoms with E-state index >= 15 is 0 Å². The van der Waals surface area contributed by atoms with Gasteiger partial charge < -0.3 is 5.32 Å². The maximum Gasteiger partial charge on any atom is 0.0640 e. The molecule has 1 aliphatic heterocycles. The molecule has 0 spiro atoms. The molecule has 4 heteroatoms. The fourth-order valence-electron chi connectivity index (χ4n) is 2.06. The summed E-state index contributed by atoms with van der Waals surface area (Å²) in [5.74, 6) is 0. The van der Waals surface area contributed by atoms with Gasteiger partial charge in [-0.3, -0.25) is 9.88 Å². The van der Waals surface area contributed by atoms with Gasteiger partial charge in [0, 0.05) is 38.6 Å². The minimum absolute atomic E-state index is 0.192. The summed E-state index contributed by atoms with van der Waals surface area (Å²) in [4.78, 5) is 6.39. The predicted molar refractivity (Wildman–Crippen MR) is 66.6 cm³/mol. The molecule has 1 aromatic heterocycles. The van der Waals surface area contributed by atoms with Gasteiger partial charge in [-0.05, 0) is 11.6 Å². The summed E-state index contributed by atoms with van der Waals surface area (Å²) in [7, 11) is 0. The third-order valence-electron chi connectivity index (χ3n) is 2.89. The van der Waals surface area contributed by atoms with Crippen LogP contribution in [0, 0.1) is 0 Å². The van der Waals surface area contributed by atoms with Gasteiger partial charge in [-0.15, -0.1) is 6.58 Å². The predicted octanol–water partition coefficient (Wildman–Crippen LogP) is 1.87. The van der Waals surface area contributed by atoms with Crippen LogP contribution in [0.5, 0.6) is 0 Å². The van der Waals surface area contributed by atoms with Crippen LogP contribution >= 0.6 is 11.6 Å². The molecule has 1 N–H and O–H groups in total. The van der Waals surface area contributed by atoms with Crippen molar-refractivity contribution in [1.82, 2.24) is 15.2 Å². The summed E-state index contributed by atoms with van der Waals surface area (Å²) in [5, 5.41) is 4.05. The first-order valence-electron chi connectivity index (χ1n) is 5.49. The Bertz CT molecular complexity index is 361. The second kappa shape index (κ2) is 5.43. The van der Waals surface area contributed by atoms with Crippen LogP contribution in [0.25, 0.3) is 0 Å². The van der Waals surface area contributed by atoms with Crippen LogP contribution in [0.4, 0.5) is 0 Å². The largest absolute Gasteiger partial charge is 0.314 e. The first kappa shape index (κ1) is 11.6. The Morgan fingerprint density at radius 2 is 2.25 bits per heavy atom. The van der Waals surface area contributed by atoms with Crippen LogP contribution in [0.2, 0.25) is 5.02 Å². The van der Waals surface area contributed by atoms with Crippen LogP contribution in [0.3, 0.4) is 0 Å². The molecule has 0 unspecified atom stereocenters. The molecule has 86 valence electrons. The lowest BCUT2D eigenvalue weighted by Gasteiger charge is -2.33. The van der Waals surface area contributed by atoms with E-state index in [1.165, 1.54) is 0 Å². The molecule has 2 heterocycles. The third-order valence-corrected chi connectivity index (χ3v) is 3.21. The lowest BCUT2D eigenvalue weighted by atomic mass is 10.1. The second-order valence-electron chi connectivity index (χ2n) is 3.86. The van der Waals surface area contributed by atoms with Gasteiger partial charge in [-0.1, -0.05) is 17.7 Å². The zero-order valence-corrected chi connectivity index (χ0v) is 9.95. The number of halogens is 1. The van der Waals surface area contributed by atoms with Gasteiger partial charge in [0.15, 0.2) is 0 Å². The van der Waals surface area contributed by atoms with Gasteiger partial charge >= 0.3 is 0 Å². The lowest BCUT2D eigenvalue weighted by molar-refractivity contribution is 0.203. The molecule has 16 heavy (non-hydrogen) atoms. The van der Waals surface area contributed by atoms with E-state index in [4.69, 9.17) is 11.6 Å². The highest BCUT2D eigenvalue weighted by Gasteiger charge is 2.20. The van der Waals surface area contributed by atoms with Crippen LogP contribution in [0.15, 0.2) is 31.1 Å². The summed E-state index contributed by atoms with van der Waals surface area (Å²) >= 11 is 6.16. The Hall–Kier alpha value is -0.900. The van der Waals surface area contributed by atoms with Crippen LogP contribution in [0.1, 0.15) is 11.6 Å². The maximum absolute atomic E-state index is 6.16. The van der Waals surface area contributed by atoms with Crippen molar-refractivity contribution in [2.24, 2.45) is 0 Å². The van der Waals surface area contributed by atoms with E-state index < -0.39 is 0 Å². The summed E-state index contributed by atoms with van der Waals surface area (Å²) in [5.41, 5.74) is 1.09. The van der Waals surface area contributed by atoms with Gasteiger partial charge in [-0.2, -0.15) is 0 Å². The molecule has 1 atom stereocenters. The number of hydrogen-bond donors (Lipinski definition) is 1. The lowest BCUT2D eigenvalue weighted by Crippen LogP contribution is -2.44. The minimum Gasteiger partial charge on any atom is -0.314 e. The Morgan fingerprint density at radius 3 is 2.88 bits per heavy atom. The van der Waals surface area contributed by atoms with Gasteiger partial charge in [-0.25, -0.2) is 0 Å². The smallest absolute Gasteiger partial charge is 0.0640 e. The summed E-state index contributed by atoms with van der Waals surface area (Å²) in [6.45, 7) is 8.00. The van der Waals surface area contributed by atoms with Gasteiger partial charge in [0.2, 0.25) is 0 Å². The number of nitrogens with one attached hydrogen (secondary N) is 1. The Balaban J connectivity index is 2.21. The molecule has 0 radical (unpaired) electrons. The number of nitrogens with zero attached hydrogens (tertiary/aromatic N) is 2. The fourth-order valence-corrected chi connectivity index (χ4v) is 2.29. The maximum atomic E-state index is 6.16. The molecule has 0 saturated carbocycles. The number of rotatable bonds is 3. The molecule has 1 aliphatic rings. The molecule has 2 rings (SSSR count). The SMILES string of the molecule is C=C[C@@H](c1ccncc1Cl)N1CCNCC1. The van der Waals surface area contributed by atoms with Crippen molar-refractivity contribution in [2.75, 3.05) is 26.2 Å². The van der Waals surface area contributed by atoms with Crippen LogP contribution in [-0.2, 0) is 0 Å². The average Bonchev–Trinajstić information content (AvgIpc) is 2.34. The van der Waals surface area contributed by atoms with Crippen molar-refractivity contribution in [3.05, 3.63) is 41.7 Å². The fraction of sp³-hybridized carbons (Fsp3) is 0.417. The minimum atomic E-state index is 0.192. The zero-order valence-electron chi connectivity index (χ0n) is 9.19. The first-order valence-corrected chi connectivity index (χ1v) is 5.87. The van der Waals surface area contributed by atoms with E-state index in [0.717, 1.165) is 31.7 Å². The summed E-state index contributed by atoms with van der Waals surface area (Å²) in [6, 6.07) is 2.16. The molecule has 1 aromatic rings. The number of aromatic nitrogens is 1. The Morgan fingerprint density at radius 1 is 1.50 bits per heavy atom. The van der Waals surface area contributed by atoms with E-state index in [0.29, 0.717) is 5.02 Å². The molecule has 0 amide bonds. The normalized spacial score (nSPS) is 19.3. The van der Waals surface area contributed by atoms with E-state index in [-0.39, 0.29) is 6.04 Å². The molecule has 0 aliphatic carbocycles. The number of pyridine rings is 1. The molecule has 0 aromatic carbocycles. The van der Waals surface area contributed by atoms with E-state index in [1.54, 1.807) is 12.4 Å². The van der Waals surface area contributed by atoms with E-state index in [9.17, 15) is 0 Å². The summed E-state index contributed by atoms with van der Waals surface area (Å²) < 4.78 is 0. The summed E-state index contributed by atoms with van der Waals surface area (Å²) in [6.07, 6.45) is 5.42. The standard InChI is InChI=1S/C12H16ClN3/c1-2-12(16-7-5-14-6-8-16)10-3-4-15-9-11(10)13/h2-4,9,12,14H,1,5-8H2/t12-/m0/s1. The van der Waals surface area contributed by atoms with E-state index in [1.807, 2.05) is 12.1 Å². The van der Waals surface area contributed by atoms with Gasteiger partial charge in [0.1, 0.15) is 0 Å². The highest BCUT2D eigenvalue weighted by atomic mass is 35.5. The Kier molecular flexibility index (Phi) is 3.93. The van der Waals surface area contributed by atoms with Crippen LogP contribution < -0.4 is 5.32 Å². The molecule has 1 saturated heterocycles. The molecular weight excluding hydrogens is 222 g/mol. The van der Waals surface area contributed by atoms with Crippen molar-refractivity contribution < 1.29 is 0 Å². The highest BCUT2D eigenvalue weighted by molar-refractivity contribution is 6.31. The van der Waals surface area contributed by atoms with Crippen molar-refractivity contribution in [1.29, 1.82) is 0 Å². The average molecular weight is 238 g/mol. The van der Waals surface area contributed by atoms with Crippen molar-refractivity contribution in [3.63, 3.8) is 0 Å². The van der Waals surface area contributed by atoms with Crippen molar-refractivity contribution in [2.45, 2.75) is 6.04 Å². The van der Waals surface area contributed by atoms with Crippen LogP contribution in [-0.4, -0.2) is 36.1 Å². The van der Waals surface area contributed by atoms with Gasteiger partial charge in [0.05, 0.1) is 11.1 Å². The number of hydrogen-bond acceptors (Lipinski definition) is 3. The second-order valence-corrected chi connectivity index (χ2v) is 4.27. The molecule has 0 bridgehead atoms. The van der Waals surface area contributed by atoms with Crippen molar-refractivity contribution in [3.8, 4) is 0 Å². The molecule has 1 fully saturated rings. The Labute approximate surface area is 101 Å². The highest BCUT2D eigenvalue weighted by Crippen LogP contribution is 2.27. The monoisotopic (exact) mass is 237 g/mol. The van der Waals surface area contributed by atoms with Crippen molar-refractivity contribution >= 4 is 11.6 Å². The molecular formula is C12H16ClN3. The van der Waals surface area contributed by atoms with E-state index in [2.05, 4.69) is 21.8 Å². The zero-order chi connectivity index (χ0) is 11.4. The molecule has 3 nitrogen and oxygen atoms in total. The third kappa shape index (κ3) is 2.43. The quantitative estimate of drug-likeness (QED) is 0.814. The number of piperazine rings is 1. The van der Waals surface area contributed by atoms with Gasteiger partial charge in [0.25, 0.3) is 0 Å². The topological polar surface area (TPSA) is 28.2 Å². The first-order chi connectivity index (χ1) is 7.83.